The van der Waals surface area contributed by atoms with E-state index in [1.54, 1.807) is 12.1 Å². The molecule has 0 radical (unpaired) electrons. The van der Waals surface area contributed by atoms with E-state index in [9.17, 15) is 22.8 Å². The van der Waals surface area contributed by atoms with Gasteiger partial charge in [0.25, 0.3) is 5.91 Å². The number of amides is 3. The molecule has 0 unspecified atom stereocenters. The van der Waals surface area contributed by atoms with Crippen LogP contribution in [0.1, 0.15) is 42.5 Å². The maximum absolute atomic E-state index is 13.0. The van der Waals surface area contributed by atoms with Crippen LogP contribution >= 0.6 is 0 Å². The second-order valence-corrected chi connectivity index (χ2v) is 10.0. The summed E-state index contributed by atoms with van der Waals surface area (Å²) in [4.78, 5) is 36.6. The van der Waals surface area contributed by atoms with Crippen molar-refractivity contribution in [3.05, 3.63) is 48.0 Å². The van der Waals surface area contributed by atoms with Gasteiger partial charge in [-0.05, 0) is 55.3 Å². The lowest BCUT2D eigenvalue weighted by Crippen LogP contribution is -2.50. The van der Waals surface area contributed by atoms with Gasteiger partial charge in [0.05, 0.1) is 23.4 Å². The zero-order chi connectivity index (χ0) is 24.3. The Morgan fingerprint density at radius 1 is 1.00 bits per heavy atom. The average molecular weight is 487 g/mol. The molecule has 2 N–H and O–H groups in total. The van der Waals surface area contributed by atoms with Gasteiger partial charge in [-0.25, -0.2) is 13.4 Å². The van der Waals surface area contributed by atoms with Crippen molar-refractivity contribution < 1.29 is 27.5 Å². The Bertz CT molecular complexity index is 1210. The maximum atomic E-state index is 13.0. The number of benzene rings is 2. The molecule has 4 rings (SSSR count). The molecule has 2 aliphatic heterocycles. The molecule has 11 heteroatoms. The average Bonchev–Trinajstić information content (AvgIpc) is 2.86. The lowest BCUT2D eigenvalue weighted by Gasteiger charge is -2.27. The largest absolute Gasteiger partial charge is 0.495 e. The van der Waals surface area contributed by atoms with Crippen LogP contribution in [0.4, 0.5) is 11.4 Å². The number of methoxy groups -OCH3 is 1. The lowest BCUT2D eigenvalue weighted by atomic mass is 10.1. The fourth-order valence-corrected chi connectivity index (χ4v) is 5.48. The smallest absolute Gasteiger partial charge is 0.255 e. The van der Waals surface area contributed by atoms with Crippen molar-refractivity contribution in [3.8, 4) is 5.75 Å². The number of anilines is 2. The first kappa shape index (κ1) is 23.7. The molecule has 180 valence electrons. The van der Waals surface area contributed by atoms with Crippen molar-refractivity contribution in [2.75, 3.05) is 30.5 Å². The number of rotatable bonds is 6. The number of sulfonamides is 1. The standard InChI is InChI=1S/C23H26N4O6S/c1-33-20-10-9-18(34(31,32)26-13-3-2-4-14-26)15-19(20)24-23(30)16-5-7-17(8-6-16)27-22(29)12-11-21(28)25-27/h5-10,15H,2-4,11-14H2,1H3,(H,24,30)(H,25,28). The van der Waals surface area contributed by atoms with E-state index in [0.29, 0.717) is 24.5 Å². The van der Waals surface area contributed by atoms with Crippen molar-refractivity contribution in [2.24, 2.45) is 0 Å². The summed E-state index contributed by atoms with van der Waals surface area (Å²) in [5.74, 6) is -0.656. The number of hydrogen-bond donors (Lipinski definition) is 2. The minimum Gasteiger partial charge on any atom is -0.495 e. The predicted molar refractivity (Wildman–Crippen MR) is 125 cm³/mol. The number of ether oxygens (including phenoxy) is 1. The van der Waals surface area contributed by atoms with E-state index in [0.717, 1.165) is 24.3 Å². The van der Waals surface area contributed by atoms with Crippen LogP contribution in [-0.2, 0) is 19.6 Å². The Labute approximate surface area is 197 Å². The van der Waals surface area contributed by atoms with Gasteiger partial charge in [-0.3, -0.25) is 19.8 Å². The monoisotopic (exact) mass is 486 g/mol. The first-order valence-electron chi connectivity index (χ1n) is 11.0. The van der Waals surface area contributed by atoms with Gasteiger partial charge in [-0.2, -0.15) is 4.31 Å². The van der Waals surface area contributed by atoms with Crippen molar-refractivity contribution in [2.45, 2.75) is 37.0 Å². The molecule has 2 heterocycles. The number of nitrogens with zero attached hydrogens (tertiary/aromatic N) is 2. The quantitative estimate of drug-likeness (QED) is 0.645. The molecule has 0 spiro atoms. The molecular weight excluding hydrogens is 460 g/mol. The molecule has 10 nitrogen and oxygen atoms in total. The van der Waals surface area contributed by atoms with Crippen molar-refractivity contribution in [3.63, 3.8) is 0 Å². The molecule has 0 bridgehead atoms. The van der Waals surface area contributed by atoms with Crippen LogP contribution in [-0.4, -0.2) is 50.6 Å². The molecule has 0 atom stereocenters. The highest BCUT2D eigenvalue weighted by atomic mass is 32.2. The molecular formula is C23H26N4O6S. The Hall–Kier alpha value is -3.44. The van der Waals surface area contributed by atoms with Gasteiger partial charge in [0.2, 0.25) is 21.8 Å². The van der Waals surface area contributed by atoms with E-state index in [2.05, 4.69) is 10.7 Å². The summed E-state index contributed by atoms with van der Waals surface area (Å²) >= 11 is 0. The molecule has 3 amide bonds. The van der Waals surface area contributed by atoms with Gasteiger partial charge >= 0.3 is 0 Å². The third-order valence-electron chi connectivity index (χ3n) is 5.81. The van der Waals surface area contributed by atoms with Gasteiger partial charge in [-0.15, -0.1) is 0 Å². The molecule has 0 aromatic heterocycles. The minimum atomic E-state index is -3.68. The minimum absolute atomic E-state index is 0.0835. The van der Waals surface area contributed by atoms with Crippen molar-refractivity contribution in [1.29, 1.82) is 0 Å². The highest BCUT2D eigenvalue weighted by Crippen LogP contribution is 2.30. The summed E-state index contributed by atoms with van der Waals surface area (Å²) in [7, 11) is -2.25. The third-order valence-corrected chi connectivity index (χ3v) is 7.71. The van der Waals surface area contributed by atoms with Gasteiger partial charge in [-0.1, -0.05) is 6.42 Å². The molecule has 0 saturated carbocycles. The SMILES string of the molecule is COc1ccc(S(=O)(=O)N2CCCCC2)cc1NC(=O)c1ccc(N2NC(=O)CCC2=O)cc1. The van der Waals surface area contributed by atoms with Gasteiger partial charge < -0.3 is 10.1 Å². The van der Waals surface area contributed by atoms with Gasteiger partial charge in [0.15, 0.2) is 0 Å². The second-order valence-electron chi connectivity index (χ2n) is 8.09. The van der Waals surface area contributed by atoms with E-state index in [1.165, 1.54) is 41.7 Å². The summed E-state index contributed by atoms with van der Waals surface area (Å²) < 4.78 is 32.9. The molecule has 2 aromatic rings. The van der Waals surface area contributed by atoms with Crippen LogP contribution < -0.4 is 20.5 Å². The van der Waals surface area contributed by atoms with Crippen LogP contribution in [0.5, 0.6) is 5.75 Å². The highest BCUT2D eigenvalue weighted by Gasteiger charge is 2.27. The summed E-state index contributed by atoms with van der Waals surface area (Å²) in [6.45, 7) is 0.949. The fourth-order valence-electron chi connectivity index (χ4n) is 3.94. The van der Waals surface area contributed by atoms with Crippen LogP contribution in [0.2, 0.25) is 0 Å². The molecule has 2 saturated heterocycles. The summed E-state index contributed by atoms with van der Waals surface area (Å²) in [6, 6.07) is 10.5. The van der Waals surface area contributed by atoms with Crippen LogP contribution in [0, 0.1) is 0 Å². The fraction of sp³-hybridized carbons (Fsp3) is 0.348. The predicted octanol–water partition coefficient (Wildman–Crippen LogP) is 2.28. The molecule has 0 aliphatic carbocycles. The molecule has 2 aliphatic rings. The first-order chi connectivity index (χ1) is 16.3. The Balaban J connectivity index is 1.53. The molecule has 2 aromatic carbocycles. The number of carbonyl (C=O) groups excluding carboxylic acids is 3. The van der Waals surface area contributed by atoms with Crippen LogP contribution in [0.15, 0.2) is 47.4 Å². The van der Waals surface area contributed by atoms with Crippen molar-refractivity contribution in [1.82, 2.24) is 9.73 Å². The first-order valence-corrected chi connectivity index (χ1v) is 12.5. The number of hydrazine groups is 1. The van der Waals surface area contributed by atoms with E-state index >= 15 is 0 Å². The van der Waals surface area contributed by atoms with E-state index < -0.39 is 15.9 Å². The number of carbonyl (C=O) groups is 3. The Kier molecular flexibility index (Phi) is 6.85. The van der Waals surface area contributed by atoms with Crippen molar-refractivity contribution >= 4 is 39.1 Å². The van der Waals surface area contributed by atoms with Crippen LogP contribution in [0.3, 0.4) is 0 Å². The summed E-state index contributed by atoms with van der Waals surface area (Å²) in [6.07, 6.45) is 2.91. The zero-order valence-corrected chi connectivity index (χ0v) is 19.6. The number of piperidine rings is 1. The van der Waals surface area contributed by atoms with Crippen LogP contribution in [0.25, 0.3) is 0 Å². The van der Waals surface area contributed by atoms with E-state index in [-0.39, 0.29) is 40.8 Å². The summed E-state index contributed by atoms with van der Waals surface area (Å²) in [5, 5.41) is 3.87. The Morgan fingerprint density at radius 3 is 2.38 bits per heavy atom. The number of nitrogens with one attached hydrogen (secondary N) is 2. The number of hydrogen-bond acceptors (Lipinski definition) is 6. The van der Waals surface area contributed by atoms with E-state index in [4.69, 9.17) is 4.74 Å². The highest BCUT2D eigenvalue weighted by molar-refractivity contribution is 7.89. The normalized spacial score (nSPS) is 17.3. The summed E-state index contributed by atoms with van der Waals surface area (Å²) in [5.41, 5.74) is 3.45. The maximum Gasteiger partial charge on any atom is 0.255 e. The van der Waals surface area contributed by atoms with Gasteiger partial charge in [0, 0.05) is 31.5 Å². The lowest BCUT2D eigenvalue weighted by molar-refractivity contribution is -0.130. The van der Waals surface area contributed by atoms with E-state index in [1.807, 2.05) is 0 Å². The van der Waals surface area contributed by atoms with Gasteiger partial charge in [0.1, 0.15) is 5.75 Å². The molecule has 2 fully saturated rings. The molecule has 34 heavy (non-hydrogen) atoms. The second kappa shape index (κ2) is 9.82. The zero-order valence-electron chi connectivity index (χ0n) is 18.7. The topological polar surface area (TPSA) is 125 Å². The Morgan fingerprint density at radius 2 is 1.71 bits per heavy atom. The third kappa shape index (κ3) is 4.90.